The Morgan fingerprint density at radius 1 is 1.17 bits per heavy atom. The minimum absolute atomic E-state index is 0.430. The van der Waals surface area contributed by atoms with Gasteiger partial charge in [-0.1, -0.05) is 41.6 Å². The second kappa shape index (κ2) is 6.85. The summed E-state index contributed by atoms with van der Waals surface area (Å²) in [5, 5.41) is 9.12. The van der Waals surface area contributed by atoms with Crippen LogP contribution in [-0.4, -0.2) is 16.1 Å². The van der Waals surface area contributed by atoms with Crippen LogP contribution in [0.5, 0.6) is 0 Å². The van der Waals surface area contributed by atoms with Crippen molar-refractivity contribution >= 4 is 29.3 Å². The number of benzene rings is 2. The van der Waals surface area contributed by atoms with Crippen LogP contribution in [-0.2, 0) is 5.75 Å². The molecular weight excluding hydrogens is 334 g/mol. The lowest BCUT2D eigenvalue weighted by atomic mass is 10.1. The molecule has 0 spiro atoms. The molecule has 0 fully saturated rings. The van der Waals surface area contributed by atoms with Crippen molar-refractivity contribution in [1.29, 1.82) is 0 Å². The van der Waals surface area contributed by atoms with Crippen molar-refractivity contribution in [2.45, 2.75) is 11.0 Å². The van der Waals surface area contributed by atoms with E-state index >= 15 is 0 Å². The van der Waals surface area contributed by atoms with Gasteiger partial charge < -0.3 is 10.2 Å². The van der Waals surface area contributed by atoms with Crippen molar-refractivity contribution in [3.8, 4) is 11.5 Å². The van der Waals surface area contributed by atoms with Crippen LogP contribution in [0.15, 0.2) is 58.2 Å². The third kappa shape index (κ3) is 3.91. The SMILES string of the molecule is NC(=O)c1ccc(CSc2nnc(-c3cccc(Cl)c3)o2)cc1. The van der Waals surface area contributed by atoms with Crippen LogP contribution in [0, 0.1) is 0 Å². The lowest BCUT2D eigenvalue weighted by molar-refractivity contribution is 0.100. The molecule has 3 rings (SSSR count). The number of nitrogens with two attached hydrogens (primary N) is 1. The highest BCUT2D eigenvalue weighted by Gasteiger charge is 2.10. The molecule has 0 radical (unpaired) electrons. The van der Waals surface area contributed by atoms with E-state index in [0.29, 0.717) is 27.5 Å². The molecule has 23 heavy (non-hydrogen) atoms. The zero-order chi connectivity index (χ0) is 16.2. The number of primary amides is 1. The number of carbonyl (C=O) groups is 1. The molecule has 0 saturated heterocycles. The summed E-state index contributed by atoms with van der Waals surface area (Å²) in [5.41, 5.74) is 7.51. The molecule has 1 aromatic heterocycles. The maximum atomic E-state index is 11.0. The molecule has 0 atom stereocenters. The van der Waals surface area contributed by atoms with Crippen LogP contribution >= 0.6 is 23.4 Å². The van der Waals surface area contributed by atoms with Crippen LogP contribution in [0.3, 0.4) is 0 Å². The molecule has 1 amide bonds. The van der Waals surface area contributed by atoms with Crippen molar-refractivity contribution in [2.75, 3.05) is 0 Å². The van der Waals surface area contributed by atoms with Gasteiger partial charge in [-0.15, -0.1) is 10.2 Å². The minimum Gasteiger partial charge on any atom is -0.411 e. The van der Waals surface area contributed by atoms with Crippen LogP contribution in [0.4, 0.5) is 0 Å². The summed E-state index contributed by atoms with van der Waals surface area (Å²) in [6.45, 7) is 0. The lowest BCUT2D eigenvalue weighted by Crippen LogP contribution is -2.10. The Morgan fingerprint density at radius 3 is 2.65 bits per heavy atom. The van der Waals surface area contributed by atoms with E-state index in [1.54, 1.807) is 24.3 Å². The molecule has 3 aromatic rings. The largest absolute Gasteiger partial charge is 0.411 e. The monoisotopic (exact) mass is 345 g/mol. The topological polar surface area (TPSA) is 82.0 Å². The molecule has 2 aromatic carbocycles. The lowest BCUT2D eigenvalue weighted by Gasteiger charge is -2.00. The highest BCUT2D eigenvalue weighted by Crippen LogP contribution is 2.27. The molecule has 0 aliphatic heterocycles. The van der Waals surface area contributed by atoms with Gasteiger partial charge in [0, 0.05) is 21.9 Å². The maximum Gasteiger partial charge on any atom is 0.277 e. The fourth-order valence-electron chi connectivity index (χ4n) is 1.92. The average molecular weight is 346 g/mol. The first-order chi connectivity index (χ1) is 11.1. The van der Waals surface area contributed by atoms with Crippen molar-refractivity contribution in [1.82, 2.24) is 10.2 Å². The Labute approximate surface area is 141 Å². The van der Waals surface area contributed by atoms with Crippen LogP contribution in [0.25, 0.3) is 11.5 Å². The van der Waals surface area contributed by atoms with Crippen molar-refractivity contribution in [2.24, 2.45) is 5.73 Å². The van der Waals surface area contributed by atoms with E-state index in [1.807, 2.05) is 24.3 Å². The first-order valence-corrected chi connectivity index (χ1v) is 8.09. The predicted octanol–water partition coefficient (Wildman–Crippen LogP) is 3.78. The smallest absolute Gasteiger partial charge is 0.277 e. The Hall–Kier alpha value is -2.31. The zero-order valence-electron chi connectivity index (χ0n) is 11.9. The van der Waals surface area contributed by atoms with Gasteiger partial charge in [-0.3, -0.25) is 4.79 Å². The van der Waals surface area contributed by atoms with Gasteiger partial charge in [-0.2, -0.15) is 0 Å². The number of amides is 1. The number of carbonyl (C=O) groups excluding carboxylic acids is 1. The van der Waals surface area contributed by atoms with Gasteiger partial charge in [0.2, 0.25) is 11.8 Å². The number of hydrogen-bond donors (Lipinski definition) is 1. The standard InChI is InChI=1S/C16H12ClN3O2S/c17-13-3-1-2-12(8-13)15-19-20-16(22-15)23-9-10-4-6-11(7-5-10)14(18)21/h1-8H,9H2,(H2,18,21). The number of thioether (sulfide) groups is 1. The Kier molecular flexibility index (Phi) is 4.64. The molecule has 0 aliphatic rings. The Morgan fingerprint density at radius 2 is 1.96 bits per heavy atom. The summed E-state index contributed by atoms with van der Waals surface area (Å²) < 4.78 is 5.62. The number of aromatic nitrogens is 2. The minimum atomic E-state index is -0.438. The van der Waals surface area contributed by atoms with E-state index in [0.717, 1.165) is 11.1 Å². The summed E-state index contributed by atoms with van der Waals surface area (Å²) in [6, 6.07) is 14.3. The third-order valence-electron chi connectivity index (χ3n) is 3.08. The molecule has 1 heterocycles. The summed E-state index contributed by atoms with van der Waals surface area (Å²) >= 11 is 7.37. The van der Waals surface area contributed by atoms with E-state index < -0.39 is 5.91 Å². The van der Waals surface area contributed by atoms with E-state index in [4.69, 9.17) is 21.8 Å². The molecule has 0 aliphatic carbocycles. The second-order valence-corrected chi connectivity index (χ2v) is 6.10. The van der Waals surface area contributed by atoms with Crippen molar-refractivity contribution in [3.63, 3.8) is 0 Å². The fourth-order valence-corrected chi connectivity index (χ4v) is 2.83. The summed E-state index contributed by atoms with van der Waals surface area (Å²) in [5.74, 6) is 0.641. The van der Waals surface area contributed by atoms with Crippen molar-refractivity contribution < 1.29 is 9.21 Å². The zero-order valence-corrected chi connectivity index (χ0v) is 13.5. The predicted molar refractivity (Wildman–Crippen MR) is 89.3 cm³/mol. The highest BCUT2D eigenvalue weighted by atomic mass is 35.5. The normalized spacial score (nSPS) is 10.7. The van der Waals surface area contributed by atoms with Gasteiger partial charge in [-0.25, -0.2) is 0 Å². The van der Waals surface area contributed by atoms with E-state index in [-0.39, 0.29) is 0 Å². The highest BCUT2D eigenvalue weighted by molar-refractivity contribution is 7.98. The first kappa shape index (κ1) is 15.6. The first-order valence-electron chi connectivity index (χ1n) is 6.73. The second-order valence-electron chi connectivity index (χ2n) is 4.73. The number of rotatable bonds is 5. The molecule has 5 nitrogen and oxygen atoms in total. The van der Waals surface area contributed by atoms with Crippen molar-refractivity contribution in [3.05, 3.63) is 64.7 Å². The van der Waals surface area contributed by atoms with Crippen LogP contribution < -0.4 is 5.73 Å². The Bertz CT molecular complexity index is 833. The van der Waals surface area contributed by atoms with Gasteiger partial charge in [0.15, 0.2) is 0 Å². The van der Waals surface area contributed by atoms with Gasteiger partial charge in [0.1, 0.15) is 0 Å². The van der Waals surface area contributed by atoms with Gasteiger partial charge in [0.05, 0.1) is 0 Å². The third-order valence-corrected chi connectivity index (χ3v) is 4.20. The number of hydrogen-bond acceptors (Lipinski definition) is 5. The van der Waals surface area contributed by atoms with E-state index in [9.17, 15) is 4.79 Å². The van der Waals surface area contributed by atoms with E-state index in [1.165, 1.54) is 11.8 Å². The quantitative estimate of drug-likeness (QED) is 0.711. The fraction of sp³-hybridized carbons (Fsp3) is 0.0625. The van der Waals surface area contributed by atoms with Gasteiger partial charge >= 0.3 is 0 Å². The average Bonchev–Trinajstić information content (AvgIpc) is 3.02. The molecular formula is C16H12ClN3O2S. The number of halogens is 1. The van der Waals surface area contributed by atoms with Crippen LogP contribution in [0.1, 0.15) is 15.9 Å². The summed E-state index contributed by atoms with van der Waals surface area (Å²) in [4.78, 5) is 11.0. The molecule has 2 N–H and O–H groups in total. The molecule has 0 saturated carbocycles. The van der Waals surface area contributed by atoms with Gasteiger partial charge in [0.25, 0.3) is 5.22 Å². The number of nitrogens with zero attached hydrogens (tertiary/aromatic N) is 2. The van der Waals surface area contributed by atoms with Crippen LogP contribution in [0.2, 0.25) is 5.02 Å². The van der Waals surface area contributed by atoms with E-state index in [2.05, 4.69) is 10.2 Å². The summed E-state index contributed by atoms with van der Waals surface area (Å²) in [6.07, 6.45) is 0. The van der Waals surface area contributed by atoms with Gasteiger partial charge in [-0.05, 0) is 35.9 Å². The molecule has 0 unspecified atom stereocenters. The Balaban J connectivity index is 1.66. The molecule has 0 bridgehead atoms. The summed E-state index contributed by atoms with van der Waals surface area (Å²) in [7, 11) is 0. The molecule has 116 valence electrons. The maximum absolute atomic E-state index is 11.0. The molecule has 7 heteroatoms.